The Bertz CT molecular complexity index is 759. The van der Waals surface area contributed by atoms with Crippen molar-refractivity contribution >= 4 is 16.0 Å². The first-order valence-electron chi connectivity index (χ1n) is 10.5. The van der Waals surface area contributed by atoms with Crippen LogP contribution in [-0.4, -0.2) is 51.0 Å². The summed E-state index contributed by atoms with van der Waals surface area (Å²) >= 11 is 0. The molecule has 1 unspecified atom stereocenters. The lowest BCUT2D eigenvalue weighted by molar-refractivity contribution is 0.0729. The number of aliphatic imine (C=N–C) groups is 1. The van der Waals surface area contributed by atoms with Crippen LogP contribution in [0.1, 0.15) is 51.2 Å². The number of guanidine groups is 1. The third kappa shape index (κ3) is 8.32. The third-order valence-corrected chi connectivity index (χ3v) is 6.88. The molecule has 3 N–H and O–H groups in total. The van der Waals surface area contributed by atoms with E-state index in [4.69, 9.17) is 10.5 Å². The monoisotopic (exact) mass is 424 g/mol. The van der Waals surface area contributed by atoms with Gasteiger partial charge in [-0.15, -0.1) is 0 Å². The second kappa shape index (κ2) is 11.5. The molecule has 0 amide bonds. The molecule has 0 radical (unpaired) electrons. The Labute approximate surface area is 175 Å². The van der Waals surface area contributed by atoms with Crippen LogP contribution in [0.2, 0.25) is 0 Å². The summed E-state index contributed by atoms with van der Waals surface area (Å²) in [4.78, 5) is 4.44. The fraction of sp³-hybridized carbons (Fsp3) is 0.667. The Morgan fingerprint density at radius 2 is 1.83 bits per heavy atom. The molecule has 0 aliphatic carbocycles. The topological polar surface area (TPSA) is 97.0 Å². The summed E-state index contributed by atoms with van der Waals surface area (Å²) < 4.78 is 32.2. The number of ether oxygens (including phenoxy) is 1. The highest BCUT2D eigenvalue weighted by molar-refractivity contribution is 7.88. The van der Waals surface area contributed by atoms with Gasteiger partial charge >= 0.3 is 0 Å². The lowest BCUT2D eigenvalue weighted by Crippen LogP contribution is -2.41. The Morgan fingerprint density at radius 3 is 2.48 bits per heavy atom. The number of sulfonamides is 1. The van der Waals surface area contributed by atoms with Crippen LogP contribution in [0.3, 0.4) is 0 Å². The Kier molecular flexibility index (Phi) is 9.39. The van der Waals surface area contributed by atoms with Gasteiger partial charge in [0.2, 0.25) is 10.0 Å². The van der Waals surface area contributed by atoms with Gasteiger partial charge in [-0.1, -0.05) is 51.0 Å². The smallest absolute Gasteiger partial charge is 0.218 e. The highest BCUT2D eigenvalue weighted by Gasteiger charge is 2.25. The average Bonchev–Trinajstić information content (AvgIpc) is 2.67. The lowest BCUT2D eigenvalue weighted by Gasteiger charge is -2.26. The summed E-state index contributed by atoms with van der Waals surface area (Å²) in [7, 11) is -3.38. The van der Waals surface area contributed by atoms with Crippen molar-refractivity contribution in [3.8, 4) is 0 Å². The lowest BCUT2D eigenvalue weighted by atomic mass is 10.0. The van der Waals surface area contributed by atoms with Crippen LogP contribution in [0.4, 0.5) is 0 Å². The van der Waals surface area contributed by atoms with E-state index < -0.39 is 10.0 Å². The van der Waals surface area contributed by atoms with Gasteiger partial charge in [-0.2, -0.15) is 4.31 Å². The van der Waals surface area contributed by atoms with E-state index in [2.05, 4.69) is 31.1 Å². The van der Waals surface area contributed by atoms with Crippen molar-refractivity contribution in [1.29, 1.82) is 0 Å². The molecule has 2 rings (SSSR count). The number of hydrogen-bond acceptors (Lipinski definition) is 4. The number of rotatable bonds is 10. The molecular weight excluding hydrogens is 388 g/mol. The molecule has 1 fully saturated rings. The number of nitrogens with two attached hydrogens (primary N) is 1. The predicted molar refractivity (Wildman–Crippen MR) is 118 cm³/mol. The molecule has 1 atom stereocenters. The van der Waals surface area contributed by atoms with Crippen molar-refractivity contribution in [2.45, 2.75) is 58.4 Å². The molecule has 0 spiro atoms. The first-order chi connectivity index (χ1) is 13.8. The maximum absolute atomic E-state index is 12.7. The number of hydrogen-bond donors (Lipinski definition) is 2. The van der Waals surface area contributed by atoms with E-state index in [-0.39, 0.29) is 11.8 Å². The fourth-order valence-corrected chi connectivity index (χ4v) is 4.90. The quantitative estimate of drug-likeness (QED) is 0.444. The Balaban J connectivity index is 1.95. The van der Waals surface area contributed by atoms with Gasteiger partial charge in [0, 0.05) is 19.1 Å². The molecule has 1 aromatic carbocycles. The van der Waals surface area contributed by atoms with Crippen LogP contribution in [0.5, 0.6) is 0 Å². The molecule has 1 aliphatic rings. The van der Waals surface area contributed by atoms with Crippen molar-refractivity contribution in [2.75, 3.05) is 26.3 Å². The molecule has 1 aromatic rings. The normalized spacial score (nSPS) is 17.4. The maximum atomic E-state index is 12.7. The van der Waals surface area contributed by atoms with E-state index in [1.807, 2.05) is 24.3 Å². The highest BCUT2D eigenvalue weighted by atomic mass is 32.2. The van der Waals surface area contributed by atoms with Crippen molar-refractivity contribution in [2.24, 2.45) is 16.6 Å². The molecule has 1 saturated heterocycles. The Hall–Kier alpha value is -1.64. The number of nitrogens with zero attached hydrogens (tertiary/aromatic N) is 2. The summed E-state index contributed by atoms with van der Waals surface area (Å²) in [5.74, 6) is 1.07. The third-order valence-electron chi connectivity index (χ3n) is 5.05. The summed E-state index contributed by atoms with van der Waals surface area (Å²) in [5, 5.41) is 3.23. The molecule has 1 heterocycles. The molecule has 1 aliphatic heterocycles. The minimum Gasteiger partial charge on any atom is -0.379 e. The van der Waals surface area contributed by atoms with Gasteiger partial charge in [0.1, 0.15) is 0 Å². The van der Waals surface area contributed by atoms with Crippen LogP contribution in [0, 0.1) is 5.92 Å². The first-order valence-corrected chi connectivity index (χ1v) is 12.1. The van der Waals surface area contributed by atoms with E-state index in [1.165, 1.54) is 10.7 Å². The molecule has 0 saturated carbocycles. The zero-order chi connectivity index (χ0) is 21.3. The van der Waals surface area contributed by atoms with Gasteiger partial charge in [0.15, 0.2) is 5.96 Å². The van der Waals surface area contributed by atoms with Gasteiger partial charge in [0.05, 0.1) is 25.5 Å². The summed E-state index contributed by atoms with van der Waals surface area (Å²) in [6.45, 7) is 8.63. The summed E-state index contributed by atoms with van der Waals surface area (Å²) in [6, 6.07) is 7.77. The molecule has 8 heteroatoms. The van der Waals surface area contributed by atoms with Gasteiger partial charge < -0.3 is 15.8 Å². The summed E-state index contributed by atoms with van der Waals surface area (Å²) in [6.07, 6.45) is 3.40. The predicted octanol–water partition coefficient (Wildman–Crippen LogP) is 2.47. The molecule has 29 heavy (non-hydrogen) atoms. The van der Waals surface area contributed by atoms with E-state index in [0.29, 0.717) is 44.7 Å². The van der Waals surface area contributed by atoms with Crippen LogP contribution >= 0.6 is 0 Å². The largest absolute Gasteiger partial charge is 0.379 e. The number of morpholine rings is 1. The van der Waals surface area contributed by atoms with E-state index in [0.717, 1.165) is 24.0 Å². The fourth-order valence-electron chi connectivity index (χ4n) is 3.34. The van der Waals surface area contributed by atoms with Crippen molar-refractivity contribution in [3.05, 3.63) is 35.4 Å². The highest BCUT2D eigenvalue weighted by Crippen LogP contribution is 2.17. The van der Waals surface area contributed by atoms with Crippen LogP contribution in [0.25, 0.3) is 0 Å². The maximum Gasteiger partial charge on any atom is 0.218 e. The first kappa shape index (κ1) is 23.6. The van der Waals surface area contributed by atoms with E-state index >= 15 is 0 Å². The van der Waals surface area contributed by atoms with Crippen molar-refractivity contribution in [1.82, 2.24) is 9.62 Å². The molecule has 7 nitrogen and oxygen atoms in total. The van der Waals surface area contributed by atoms with Gasteiger partial charge in [-0.25, -0.2) is 13.4 Å². The van der Waals surface area contributed by atoms with Crippen LogP contribution < -0.4 is 11.1 Å². The Morgan fingerprint density at radius 1 is 1.17 bits per heavy atom. The second-order valence-corrected chi connectivity index (χ2v) is 10.1. The molecule has 164 valence electrons. The zero-order valence-corrected chi connectivity index (χ0v) is 18.7. The van der Waals surface area contributed by atoms with Gasteiger partial charge in [-0.05, 0) is 30.4 Å². The standard InChI is InChI=1S/C21H36N4O3S/c1-17(2)7-6-8-18(3)24-21(22)23-15-19-9-4-5-10-20(19)16-29(26,27)25-11-13-28-14-12-25/h4-5,9-10,17-18H,6-8,11-16H2,1-3H3,(H3,22,23,24). The zero-order valence-electron chi connectivity index (χ0n) is 17.9. The van der Waals surface area contributed by atoms with Gasteiger partial charge in [0.25, 0.3) is 0 Å². The van der Waals surface area contributed by atoms with Crippen LogP contribution in [0.15, 0.2) is 29.3 Å². The summed E-state index contributed by atoms with van der Waals surface area (Å²) in [5.41, 5.74) is 7.69. The van der Waals surface area contributed by atoms with Crippen molar-refractivity contribution in [3.63, 3.8) is 0 Å². The van der Waals surface area contributed by atoms with Crippen LogP contribution in [-0.2, 0) is 27.1 Å². The molecular formula is C21H36N4O3S. The number of nitrogens with one attached hydrogen (secondary N) is 1. The minimum absolute atomic E-state index is 0.0301. The van der Waals surface area contributed by atoms with Gasteiger partial charge in [-0.3, -0.25) is 0 Å². The number of benzene rings is 1. The van der Waals surface area contributed by atoms with E-state index in [9.17, 15) is 8.42 Å². The minimum atomic E-state index is -3.38. The average molecular weight is 425 g/mol. The van der Waals surface area contributed by atoms with E-state index in [1.54, 1.807) is 0 Å². The van der Waals surface area contributed by atoms with Crippen molar-refractivity contribution < 1.29 is 13.2 Å². The second-order valence-electron chi connectivity index (χ2n) is 8.11. The molecule has 0 aromatic heterocycles. The molecule has 0 bridgehead atoms. The SMILES string of the molecule is CC(C)CCCC(C)NC(N)=NCc1ccccc1CS(=O)(=O)N1CCOCC1.